The predicted molar refractivity (Wildman–Crippen MR) is 98.7 cm³/mol. The van der Waals surface area contributed by atoms with Crippen LogP contribution in [0.5, 0.6) is 0 Å². The van der Waals surface area contributed by atoms with Gasteiger partial charge in [-0.1, -0.05) is 24.3 Å². The summed E-state index contributed by atoms with van der Waals surface area (Å²) in [5.74, 6) is -0.407. The van der Waals surface area contributed by atoms with Crippen LogP contribution in [-0.2, 0) is 16.1 Å². The number of amides is 1. The fourth-order valence-electron chi connectivity index (χ4n) is 2.55. The summed E-state index contributed by atoms with van der Waals surface area (Å²) >= 11 is 0. The molecule has 0 aliphatic rings. The Bertz CT molecular complexity index is 754. The van der Waals surface area contributed by atoms with Gasteiger partial charge in [-0.3, -0.25) is 9.69 Å². The second-order valence-corrected chi connectivity index (χ2v) is 6.16. The number of ether oxygens (including phenoxy) is 1. The summed E-state index contributed by atoms with van der Waals surface area (Å²) in [6, 6.07) is 13.1. The van der Waals surface area contributed by atoms with E-state index in [1.54, 1.807) is 12.1 Å². The number of esters is 1. The van der Waals surface area contributed by atoms with E-state index in [4.69, 9.17) is 0 Å². The van der Waals surface area contributed by atoms with Crippen molar-refractivity contribution in [1.29, 1.82) is 0 Å². The number of benzene rings is 2. The van der Waals surface area contributed by atoms with Gasteiger partial charge in [0.15, 0.2) is 0 Å². The van der Waals surface area contributed by atoms with Crippen molar-refractivity contribution < 1.29 is 14.3 Å². The number of rotatable bonds is 6. The molecule has 2 rings (SSSR count). The molecule has 0 bridgehead atoms. The zero-order chi connectivity index (χ0) is 18.4. The van der Waals surface area contributed by atoms with Gasteiger partial charge in [-0.25, -0.2) is 4.79 Å². The Morgan fingerprint density at radius 2 is 1.76 bits per heavy atom. The first kappa shape index (κ1) is 18.7. The average molecular weight is 340 g/mol. The highest BCUT2D eigenvalue weighted by Gasteiger charge is 2.10. The van der Waals surface area contributed by atoms with Crippen molar-refractivity contribution in [2.24, 2.45) is 0 Å². The van der Waals surface area contributed by atoms with Gasteiger partial charge >= 0.3 is 5.97 Å². The molecule has 0 spiro atoms. The molecule has 1 N–H and O–H groups in total. The number of nitrogens with zero attached hydrogens (tertiary/aromatic N) is 1. The first-order chi connectivity index (χ1) is 11.9. The number of carbonyl (C=O) groups excluding carboxylic acids is 2. The molecule has 132 valence electrons. The van der Waals surface area contributed by atoms with Crippen molar-refractivity contribution in [2.45, 2.75) is 20.4 Å². The van der Waals surface area contributed by atoms with Crippen LogP contribution in [0.2, 0.25) is 0 Å². The number of hydrogen-bond acceptors (Lipinski definition) is 4. The quantitative estimate of drug-likeness (QED) is 0.821. The van der Waals surface area contributed by atoms with Gasteiger partial charge in [-0.15, -0.1) is 0 Å². The van der Waals surface area contributed by atoms with Crippen molar-refractivity contribution in [3.8, 4) is 0 Å². The Morgan fingerprint density at radius 1 is 1.08 bits per heavy atom. The van der Waals surface area contributed by atoms with Crippen molar-refractivity contribution in [1.82, 2.24) is 4.90 Å². The van der Waals surface area contributed by atoms with E-state index in [-0.39, 0.29) is 18.4 Å². The van der Waals surface area contributed by atoms with Crippen LogP contribution >= 0.6 is 0 Å². The minimum absolute atomic E-state index is 0.0534. The van der Waals surface area contributed by atoms with Crippen LogP contribution in [0.25, 0.3) is 0 Å². The molecule has 0 fully saturated rings. The first-order valence-electron chi connectivity index (χ1n) is 8.12. The molecule has 1 amide bonds. The predicted octanol–water partition coefficient (Wildman–Crippen LogP) is 3.16. The normalized spacial score (nSPS) is 10.6. The molecule has 0 saturated heterocycles. The van der Waals surface area contributed by atoms with E-state index < -0.39 is 0 Å². The SMILES string of the molecule is COC(=O)c1ccc(CN(C)CC(=O)Nc2cccc(C)c2C)cc1. The molecule has 0 aliphatic carbocycles. The highest BCUT2D eigenvalue weighted by molar-refractivity contribution is 5.93. The molecular formula is C20H24N2O3. The number of anilines is 1. The molecule has 5 nitrogen and oxygen atoms in total. The Kier molecular flexibility index (Phi) is 6.31. The van der Waals surface area contributed by atoms with Crippen LogP contribution in [0.3, 0.4) is 0 Å². The van der Waals surface area contributed by atoms with Crippen LogP contribution in [0.15, 0.2) is 42.5 Å². The molecule has 0 aromatic heterocycles. The molecule has 0 radical (unpaired) electrons. The van der Waals surface area contributed by atoms with Crippen LogP contribution in [0, 0.1) is 13.8 Å². The molecule has 0 aliphatic heterocycles. The van der Waals surface area contributed by atoms with Gasteiger partial charge in [-0.2, -0.15) is 0 Å². The minimum atomic E-state index is -0.354. The average Bonchev–Trinajstić information content (AvgIpc) is 2.58. The van der Waals surface area contributed by atoms with E-state index in [2.05, 4.69) is 10.1 Å². The van der Waals surface area contributed by atoms with Crippen LogP contribution in [0.4, 0.5) is 5.69 Å². The third-order valence-corrected chi connectivity index (χ3v) is 4.12. The lowest BCUT2D eigenvalue weighted by molar-refractivity contribution is -0.117. The fraction of sp³-hybridized carbons (Fsp3) is 0.300. The molecule has 2 aromatic rings. The van der Waals surface area contributed by atoms with E-state index in [0.29, 0.717) is 12.1 Å². The van der Waals surface area contributed by atoms with Gasteiger partial charge in [0.05, 0.1) is 19.2 Å². The summed E-state index contributed by atoms with van der Waals surface area (Å²) in [6.45, 7) is 4.92. The fourth-order valence-corrected chi connectivity index (χ4v) is 2.55. The standard InChI is InChI=1S/C20H24N2O3/c1-14-6-5-7-18(15(14)2)21-19(23)13-22(3)12-16-8-10-17(11-9-16)20(24)25-4/h5-11H,12-13H2,1-4H3,(H,21,23). The number of aryl methyl sites for hydroxylation is 1. The Balaban J connectivity index is 1.91. The van der Waals surface area contributed by atoms with Crippen LogP contribution < -0.4 is 5.32 Å². The maximum Gasteiger partial charge on any atom is 0.337 e. The van der Waals surface area contributed by atoms with E-state index >= 15 is 0 Å². The summed E-state index contributed by atoms with van der Waals surface area (Å²) in [5, 5.41) is 2.96. The molecular weight excluding hydrogens is 316 g/mol. The number of likely N-dealkylation sites (N-methyl/N-ethyl adjacent to an activating group) is 1. The highest BCUT2D eigenvalue weighted by atomic mass is 16.5. The molecule has 0 unspecified atom stereocenters. The Labute approximate surface area is 148 Å². The van der Waals surface area contributed by atoms with Crippen molar-refractivity contribution in [3.63, 3.8) is 0 Å². The van der Waals surface area contributed by atoms with E-state index in [0.717, 1.165) is 22.4 Å². The number of nitrogens with one attached hydrogen (secondary N) is 1. The van der Waals surface area contributed by atoms with Gasteiger partial charge in [0, 0.05) is 12.2 Å². The van der Waals surface area contributed by atoms with E-state index in [1.165, 1.54) is 7.11 Å². The van der Waals surface area contributed by atoms with Crippen LogP contribution in [-0.4, -0.2) is 37.5 Å². The van der Waals surface area contributed by atoms with E-state index in [9.17, 15) is 9.59 Å². The second kappa shape index (κ2) is 8.44. The number of methoxy groups -OCH3 is 1. The molecule has 25 heavy (non-hydrogen) atoms. The van der Waals surface area contributed by atoms with Gasteiger partial charge in [0.25, 0.3) is 0 Å². The summed E-state index contributed by atoms with van der Waals surface area (Å²) in [5.41, 5.74) is 4.62. The topological polar surface area (TPSA) is 58.6 Å². The molecule has 0 saturated carbocycles. The highest BCUT2D eigenvalue weighted by Crippen LogP contribution is 2.18. The van der Waals surface area contributed by atoms with Gasteiger partial charge in [0.2, 0.25) is 5.91 Å². The summed E-state index contributed by atoms with van der Waals surface area (Å²) in [6.07, 6.45) is 0. The number of hydrogen-bond donors (Lipinski definition) is 1. The smallest absolute Gasteiger partial charge is 0.337 e. The largest absolute Gasteiger partial charge is 0.465 e. The van der Waals surface area contributed by atoms with Gasteiger partial charge in [-0.05, 0) is 55.8 Å². The Morgan fingerprint density at radius 3 is 2.40 bits per heavy atom. The zero-order valence-corrected chi connectivity index (χ0v) is 15.1. The maximum absolute atomic E-state index is 12.2. The van der Waals surface area contributed by atoms with Crippen molar-refractivity contribution in [3.05, 3.63) is 64.7 Å². The van der Waals surface area contributed by atoms with Gasteiger partial charge < -0.3 is 10.1 Å². The molecule has 5 heteroatoms. The molecule has 0 atom stereocenters. The third-order valence-electron chi connectivity index (χ3n) is 4.12. The minimum Gasteiger partial charge on any atom is -0.465 e. The Hall–Kier alpha value is -2.66. The summed E-state index contributed by atoms with van der Waals surface area (Å²) in [7, 11) is 3.25. The van der Waals surface area contributed by atoms with E-state index in [1.807, 2.05) is 56.1 Å². The van der Waals surface area contributed by atoms with Crippen LogP contribution in [0.1, 0.15) is 27.0 Å². The molecule has 2 aromatic carbocycles. The van der Waals surface area contributed by atoms with Gasteiger partial charge in [0.1, 0.15) is 0 Å². The second-order valence-electron chi connectivity index (χ2n) is 6.16. The lowest BCUT2D eigenvalue weighted by atomic mass is 10.1. The number of carbonyl (C=O) groups is 2. The molecule has 0 heterocycles. The zero-order valence-electron chi connectivity index (χ0n) is 15.1. The first-order valence-corrected chi connectivity index (χ1v) is 8.12. The maximum atomic E-state index is 12.2. The lowest BCUT2D eigenvalue weighted by Crippen LogP contribution is -2.30. The van der Waals surface area contributed by atoms with Crippen molar-refractivity contribution >= 4 is 17.6 Å². The summed E-state index contributed by atoms with van der Waals surface area (Å²) in [4.78, 5) is 25.6. The third kappa shape index (κ3) is 5.16. The summed E-state index contributed by atoms with van der Waals surface area (Å²) < 4.78 is 4.68. The van der Waals surface area contributed by atoms with Crippen molar-refractivity contribution in [2.75, 3.05) is 26.0 Å². The lowest BCUT2D eigenvalue weighted by Gasteiger charge is -2.17. The monoisotopic (exact) mass is 340 g/mol.